The van der Waals surface area contributed by atoms with Crippen LogP contribution in [0.3, 0.4) is 0 Å². The minimum Gasteiger partial charge on any atom is -0.497 e. The first-order chi connectivity index (χ1) is 9.19. The van der Waals surface area contributed by atoms with E-state index >= 15 is 0 Å². The van der Waals surface area contributed by atoms with Gasteiger partial charge in [-0.25, -0.2) is 0 Å². The largest absolute Gasteiger partial charge is 0.497 e. The number of hydrogen-bond donors (Lipinski definition) is 1. The van der Waals surface area contributed by atoms with Crippen LogP contribution in [0.5, 0.6) is 5.75 Å². The monoisotopic (exact) mass is 319 g/mol. The molecule has 19 heavy (non-hydrogen) atoms. The molecule has 0 fully saturated rings. The van der Waals surface area contributed by atoms with Crippen molar-refractivity contribution in [3.63, 3.8) is 0 Å². The van der Waals surface area contributed by atoms with Crippen LogP contribution < -0.4 is 10.1 Å². The molecule has 100 valence electrons. The summed E-state index contributed by atoms with van der Waals surface area (Å²) in [6.07, 6.45) is 0. The Morgan fingerprint density at radius 2 is 1.89 bits per heavy atom. The van der Waals surface area contributed by atoms with Crippen LogP contribution in [0.4, 0.5) is 0 Å². The summed E-state index contributed by atoms with van der Waals surface area (Å²) in [4.78, 5) is 0. The maximum absolute atomic E-state index is 5.15. The third-order valence-electron chi connectivity index (χ3n) is 3.12. The molecule has 0 aliphatic heterocycles. The Hall–Kier alpha value is -1.32. The van der Waals surface area contributed by atoms with Crippen LogP contribution in [-0.2, 0) is 6.54 Å². The molecule has 1 atom stereocenters. The third kappa shape index (κ3) is 4.08. The number of methoxy groups -OCH3 is 1. The highest BCUT2D eigenvalue weighted by atomic mass is 79.9. The van der Waals surface area contributed by atoms with E-state index in [1.54, 1.807) is 7.11 Å². The number of halogens is 1. The van der Waals surface area contributed by atoms with Gasteiger partial charge in [0.1, 0.15) is 5.75 Å². The number of hydrogen-bond acceptors (Lipinski definition) is 2. The molecule has 0 radical (unpaired) electrons. The van der Waals surface area contributed by atoms with Crippen molar-refractivity contribution in [1.82, 2.24) is 5.32 Å². The van der Waals surface area contributed by atoms with E-state index in [0.29, 0.717) is 6.04 Å². The summed E-state index contributed by atoms with van der Waals surface area (Å²) in [7, 11) is 1.68. The summed E-state index contributed by atoms with van der Waals surface area (Å²) in [6.45, 7) is 3.02. The Morgan fingerprint density at radius 1 is 1.16 bits per heavy atom. The second-order valence-electron chi connectivity index (χ2n) is 4.51. The van der Waals surface area contributed by atoms with Gasteiger partial charge in [0.2, 0.25) is 0 Å². The van der Waals surface area contributed by atoms with Crippen LogP contribution in [0.25, 0.3) is 0 Å². The van der Waals surface area contributed by atoms with Crippen LogP contribution in [0.1, 0.15) is 24.1 Å². The van der Waals surface area contributed by atoms with Crippen molar-refractivity contribution in [3.05, 3.63) is 64.1 Å². The van der Waals surface area contributed by atoms with Crippen molar-refractivity contribution in [2.45, 2.75) is 19.5 Å². The van der Waals surface area contributed by atoms with Crippen molar-refractivity contribution in [2.75, 3.05) is 7.11 Å². The molecule has 0 saturated carbocycles. The summed E-state index contributed by atoms with van der Waals surface area (Å²) in [5.74, 6) is 0.892. The van der Waals surface area contributed by atoms with Crippen molar-refractivity contribution < 1.29 is 4.74 Å². The smallest absolute Gasteiger partial charge is 0.118 e. The second-order valence-corrected chi connectivity index (χ2v) is 5.42. The Balaban J connectivity index is 1.94. The molecule has 2 aromatic rings. The lowest BCUT2D eigenvalue weighted by Gasteiger charge is -2.14. The maximum atomic E-state index is 5.15. The van der Waals surface area contributed by atoms with E-state index < -0.39 is 0 Å². The zero-order valence-electron chi connectivity index (χ0n) is 11.2. The Labute approximate surface area is 122 Å². The van der Waals surface area contributed by atoms with Gasteiger partial charge in [0, 0.05) is 17.1 Å². The van der Waals surface area contributed by atoms with Gasteiger partial charge in [-0.3, -0.25) is 0 Å². The Bertz CT molecular complexity index is 525. The molecule has 3 heteroatoms. The van der Waals surface area contributed by atoms with E-state index in [4.69, 9.17) is 4.74 Å². The van der Waals surface area contributed by atoms with E-state index in [1.807, 2.05) is 18.2 Å². The lowest BCUT2D eigenvalue weighted by molar-refractivity contribution is 0.414. The van der Waals surface area contributed by atoms with Crippen LogP contribution >= 0.6 is 15.9 Å². The highest BCUT2D eigenvalue weighted by Gasteiger charge is 2.05. The summed E-state index contributed by atoms with van der Waals surface area (Å²) < 4.78 is 6.27. The molecule has 0 unspecified atom stereocenters. The maximum Gasteiger partial charge on any atom is 0.118 e. The number of rotatable bonds is 5. The highest BCUT2D eigenvalue weighted by Crippen LogP contribution is 2.18. The summed E-state index contributed by atoms with van der Waals surface area (Å²) in [6, 6.07) is 16.8. The molecule has 0 bridgehead atoms. The van der Waals surface area contributed by atoms with Gasteiger partial charge in [0.25, 0.3) is 0 Å². The molecule has 0 aromatic heterocycles. The summed E-state index contributed by atoms with van der Waals surface area (Å²) >= 11 is 3.50. The topological polar surface area (TPSA) is 21.3 Å². The van der Waals surface area contributed by atoms with E-state index in [2.05, 4.69) is 58.5 Å². The molecule has 0 aliphatic rings. The fourth-order valence-corrected chi connectivity index (χ4v) is 2.33. The fraction of sp³-hybridized carbons (Fsp3) is 0.250. The molecule has 0 heterocycles. The minimum atomic E-state index is 0.319. The molecule has 0 aliphatic carbocycles. The molecule has 2 nitrogen and oxygen atoms in total. The van der Waals surface area contributed by atoms with Gasteiger partial charge in [-0.1, -0.05) is 40.2 Å². The predicted molar refractivity (Wildman–Crippen MR) is 82.4 cm³/mol. The zero-order chi connectivity index (χ0) is 13.7. The van der Waals surface area contributed by atoms with Gasteiger partial charge in [0.15, 0.2) is 0 Å². The molecule has 1 N–H and O–H groups in total. The highest BCUT2D eigenvalue weighted by molar-refractivity contribution is 9.10. The molecule has 0 amide bonds. The van der Waals surface area contributed by atoms with E-state index in [-0.39, 0.29) is 0 Å². The van der Waals surface area contributed by atoms with E-state index in [9.17, 15) is 0 Å². The molecule has 0 spiro atoms. The molecule has 0 saturated heterocycles. The van der Waals surface area contributed by atoms with Gasteiger partial charge in [-0.2, -0.15) is 0 Å². The van der Waals surface area contributed by atoms with Crippen molar-refractivity contribution in [1.29, 1.82) is 0 Å². The lowest BCUT2D eigenvalue weighted by atomic mass is 10.1. The minimum absolute atomic E-state index is 0.319. The molecular formula is C16H18BrNO. The van der Waals surface area contributed by atoms with Crippen molar-refractivity contribution in [3.8, 4) is 5.75 Å². The number of benzene rings is 2. The Kier molecular flexibility index (Phi) is 5.00. The van der Waals surface area contributed by atoms with Crippen LogP contribution in [0.2, 0.25) is 0 Å². The summed E-state index contributed by atoms with van der Waals surface area (Å²) in [5.41, 5.74) is 2.53. The second kappa shape index (κ2) is 6.73. The van der Waals surface area contributed by atoms with Gasteiger partial charge >= 0.3 is 0 Å². The zero-order valence-corrected chi connectivity index (χ0v) is 12.8. The number of ether oxygens (including phenoxy) is 1. The van der Waals surface area contributed by atoms with Crippen molar-refractivity contribution in [2.24, 2.45) is 0 Å². The first-order valence-corrected chi connectivity index (χ1v) is 7.10. The van der Waals surface area contributed by atoms with E-state index in [1.165, 1.54) is 11.1 Å². The standard InChI is InChI=1S/C16H18BrNO/c1-12(14-4-3-5-15(17)10-14)18-11-13-6-8-16(19-2)9-7-13/h3-10,12,18H,11H2,1-2H3/t12-/m1/s1. The van der Waals surface area contributed by atoms with Gasteiger partial charge < -0.3 is 10.1 Å². The third-order valence-corrected chi connectivity index (χ3v) is 3.61. The molecule has 2 aromatic carbocycles. The van der Waals surface area contributed by atoms with Crippen LogP contribution in [0.15, 0.2) is 53.0 Å². The lowest BCUT2D eigenvalue weighted by Crippen LogP contribution is -2.17. The fourth-order valence-electron chi connectivity index (χ4n) is 1.91. The average molecular weight is 320 g/mol. The quantitative estimate of drug-likeness (QED) is 0.886. The molecular weight excluding hydrogens is 302 g/mol. The van der Waals surface area contributed by atoms with Gasteiger partial charge in [-0.15, -0.1) is 0 Å². The van der Waals surface area contributed by atoms with Crippen LogP contribution in [0, 0.1) is 0 Å². The first kappa shape index (κ1) is 14.1. The average Bonchev–Trinajstić information content (AvgIpc) is 2.45. The van der Waals surface area contributed by atoms with Crippen LogP contribution in [-0.4, -0.2) is 7.11 Å². The normalized spacial score (nSPS) is 12.2. The van der Waals surface area contributed by atoms with Crippen molar-refractivity contribution >= 4 is 15.9 Å². The number of nitrogens with one attached hydrogen (secondary N) is 1. The van der Waals surface area contributed by atoms with Gasteiger partial charge in [-0.05, 0) is 42.3 Å². The first-order valence-electron chi connectivity index (χ1n) is 6.31. The summed E-state index contributed by atoms with van der Waals surface area (Å²) in [5, 5.41) is 3.52. The van der Waals surface area contributed by atoms with E-state index in [0.717, 1.165) is 16.8 Å². The Morgan fingerprint density at radius 3 is 2.53 bits per heavy atom. The van der Waals surface area contributed by atoms with Gasteiger partial charge in [0.05, 0.1) is 7.11 Å². The predicted octanol–water partition coefficient (Wildman–Crippen LogP) is 4.31. The molecule has 2 rings (SSSR count). The SMILES string of the molecule is COc1ccc(CN[C@H](C)c2cccc(Br)c2)cc1.